The molecule has 1 atom stereocenters. The third-order valence-electron chi connectivity index (χ3n) is 5.45. The second-order valence-electron chi connectivity index (χ2n) is 7.28. The molecule has 0 aromatic carbocycles. The van der Waals surface area contributed by atoms with Crippen LogP contribution in [-0.4, -0.2) is 48.2 Å². The highest BCUT2D eigenvalue weighted by Crippen LogP contribution is 2.37. The van der Waals surface area contributed by atoms with E-state index in [0.717, 1.165) is 58.3 Å². The van der Waals surface area contributed by atoms with Gasteiger partial charge in [-0.05, 0) is 51.1 Å². The summed E-state index contributed by atoms with van der Waals surface area (Å²) in [4.78, 5) is 14.7. The maximum Gasteiger partial charge on any atom is 0.225 e. The Morgan fingerprint density at radius 2 is 1.95 bits per heavy atom. The van der Waals surface area contributed by atoms with Crippen molar-refractivity contribution >= 4 is 5.91 Å². The maximum atomic E-state index is 12.3. The molecule has 2 N–H and O–H groups in total. The van der Waals surface area contributed by atoms with Crippen LogP contribution in [0.25, 0.3) is 0 Å². The summed E-state index contributed by atoms with van der Waals surface area (Å²) >= 11 is 0. The predicted octanol–water partition coefficient (Wildman–Crippen LogP) is 2.17. The van der Waals surface area contributed by atoms with Crippen LogP contribution in [0, 0.1) is 11.3 Å². The summed E-state index contributed by atoms with van der Waals surface area (Å²) < 4.78 is 0. The first-order valence-corrected chi connectivity index (χ1v) is 8.72. The number of likely N-dealkylation sites (tertiary alicyclic amines) is 1. The molecule has 0 aromatic heterocycles. The molecule has 1 aliphatic heterocycles. The molecule has 1 saturated carbocycles. The zero-order valence-electron chi connectivity index (χ0n) is 13.7. The van der Waals surface area contributed by atoms with Gasteiger partial charge in [-0.25, -0.2) is 0 Å². The third kappa shape index (κ3) is 4.68. The van der Waals surface area contributed by atoms with E-state index in [1.54, 1.807) is 0 Å². The van der Waals surface area contributed by atoms with Gasteiger partial charge in [-0.1, -0.05) is 26.7 Å². The van der Waals surface area contributed by atoms with E-state index in [-0.39, 0.29) is 17.4 Å². The molecule has 122 valence electrons. The van der Waals surface area contributed by atoms with Crippen molar-refractivity contribution in [3.05, 3.63) is 0 Å². The van der Waals surface area contributed by atoms with Crippen molar-refractivity contribution in [3.63, 3.8) is 0 Å². The van der Waals surface area contributed by atoms with Gasteiger partial charge in [-0.15, -0.1) is 0 Å². The number of aliphatic hydroxyl groups excluding tert-OH is 1. The second-order valence-corrected chi connectivity index (χ2v) is 7.28. The van der Waals surface area contributed by atoms with Gasteiger partial charge in [0.1, 0.15) is 0 Å². The Bertz CT molecular complexity index is 332. The lowest BCUT2D eigenvalue weighted by molar-refractivity contribution is -0.130. The Morgan fingerprint density at radius 3 is 2.52 bits per heavy atom. The molecule has 2 aliphatic rings. The van der Waals surface area contributed by atoms with E-state index in [2.05, 4.69) is 17.1 Å². The molecule has 1 saturated heterocycles. The number of amides is 1. The minimum atomic E-state index is -0.191. The van der Waals surface area contributed by atoms with Gasteiger partial charge in [0.2, 0.25) is 5.91 Å². The van der Waals surface area contributed by atoms with E-state index in [0.29, 0.717) is 5.92 Å². The monoisotopic (exact) mass is 296 g/mol. The van der Waals surface area contributed by atoms with Crippen LogP contribution in [-0.2, 0) is 4.79 Å². The molecule has 1 heterocycles. The van der Waals surface area contributed by atoms with E-state index < -0.39 is 0 Å². The molecule has 4 heteroatoms. The lowest BCUT2D eigenvalue weighted by Crippen LogP contribution is -2.44. The zero-order valence-corrected chi connectivity index (χ0v) is 13.7. The van der Waals surface area contributed by atoms with E-state index in [9.17, 15) is 9.90 Å². The Morgan fingerprint density at radius 1 is 1.33 bits per heavy atom. The van der Waals surface area contributed by atoms with Gasteiger partial charge in [-0.3, -0.25) is 4.79 Å². The van der Waals surface area contributed by atoms with Crippen molar-refractivity contribution in [1.29, 1.82) is 0 Å². The number of hydrogen-bond acceptors (Lipinski definition) is 3. The highest BCUT2D eigenvalue weighted by Gasteiger charge is 2.36. The molecule has 0 bridgehead atoms. The van der Waals surface area contributed by atoms with E-state index in [4.69, 9.17) is 0 Å². The van der Waals surface area contributed by atoms with Crippen LogP contribution in [0.5, 0.6) is 0 Å². The Labute approximate surface area is 129 Å². The molecular weight excluding hydrogens is 264 g/mol. The summed E-state index contributed by atoms with van der Waals surface area (Å²) in [5.74, 6) is 0.873. The van der Waals surface area contributed by atoms with Gasteiger partial charge in [0.25, 0.3) is 0 Å². The smallest absolute Gasteiger partial charge is 0.225 e. The van der Waals surface area contributed by atoms with Crippen LogP contribution in [0.4, 0.5) is 0 Å². The van der Waals surface area contributed by atoms with Gasteiger partial charge < -0.3 is 15.3 Å². The fourth-order valence-corrected chi connectivity index (χ4v) is 3.63. The number of aliphatic hydroxyl groups is 1. The number of hydrogen-bond donors (Lipinski definition) is 2. The Hall–Kier alpha value is -0.610. The van der Waals surface area contributed by atoms with Gasteiger partial charge in [-0.2, -0.15) is 0 Å². The van der Waals surface area contributed by atoms with Crippen LogP contribution in [0.15, 0.2) is 0 Å². The Balaban J connectivity index is 1.66. The van der Waals surface area contributed by atoms with Crippen molar-refractivity contribution < 1.29 is 9.90 Å². The topological polar surface area (TPSA) is 52.6 Å². The molecule has 1 unspecified atom stereocenters. The molecule has 0 radical (unpaired) electrons. The van der Waals surface area contributed by atoms with Crippen molar-refractivity contribution in [2.24, 2.45) is 11.3 Å². The molecule has 2 rings (SSSR count). The van der Waals surface area contributed by atoms with Crippen LogP contribution in [0.2, 0.25) is 0 Å². The van der Waals surface area contributed by atoms with Crippen LogP contribution >= 0.6 is 0 Å². The summed E-state index contributed by atoms with van der Waals surface area (Å²) in [5, 5.41) is 12.9. The highest BCUT2D eigenvalue weighted by molar-refractivity contribution is 5.82. The first-order chi connectivity index (χ1) is 10.0. The largest absolute Gasteiger partial charge is 0.392 e. The average molecular weight is 296 g/mol. The molecular formula is C17H32N2O2. The first kappa shape index (κ1) is 16.8. The fourth-order valence-electron chi connectivity index (χ4n) is 3.63. The number of carbonyl (C=O) groups excluding carboxylic acids is 1. The summed E-state index contributed by atoms with van der Waals surface area (Å²) in [5.41, 5.74) is -0.105. The van der Waals surface area contributed by atoms with Gasteiger partial charge >= 0.3 is 0 Å². The van der Waals surface area contributed by atoms with Gasteiger partial charge in [0.05, 0.1) is 6.10 Å². The molecule has 2 fully saturated rings. The fraction of sp³-hybridized carbons (Fsp3) is 0.941. The number of β-amino-alcohol motifs (C(OH)–C–C–N with tert-alkyl or cyclic N) is 1. The number of nitrogens with zero attached hydrogens (tertiary/aromatic N) is 1. The molecule has 1 aliphatic carbocycles. The van der Waals surface area contributed by atoms with Crippen molar-refractivity contribution in [3.8, 4) is 0 Å². The van der Waals surface area contributed by atoms with Gasteiger partial charge in [0.15, 0.2) is 0 Å². The predicted molar refractivity (Wildman–Crippen MR) is 85.0 cm³/mol. The lowest BCUT2D eigenvalue weighted by atomic mass is 9.87. The summed E-state index contributed by atoms with van der Waals surface area (Å²) in [7, 11) is 0. The maximum absolute atomic E-state index is 12.3. The molecule has 4 nitrogen and oxygen atoms in total. The second kappa shape index (κ2) is 7.59. The van der Waals surface area contributed by atoms with Crippen molar-refractivity contribution in [2.45, 2.75) is 64.9 Å². The molecule has 21 heavy (non-hydrogen) atoms. The van der Waals surface area contributed by atoms with Crippen molar-refractivity contribution in [2.75, 3.05) is 26.2 Å². The number of carbonyl (C=O) groups is 1. The minimum absolute atomic E-state index is 0.105. The lowest BCUT2D eigenvalue weighted by Gasteiger charge is -2.33. The highest BCUT2D eigenvalue weighted by atomic mass is 16.3. The standard InChI is InChI=1S/C17H32N2O2/c1-3-15(20)13-19-10-6-14(7-11-19)12-18-16(21)17(2)8-4-5-9-17/h14-15,20H,3-13H2,1-2H3,(H,18,21). The van der Waals surface area contributed by atoms with E-state index in [1.807, 2.05) is 6.92 Å². The molecule has 1 amide bonds. The average Bonchev–Trinajstić information content (AvgIpc) is 2.94. The molecule has 0 spiro atoms. The van der Waals surface area contributed by atoms with E-state index >= 15 is 0 Å². The van der Waals surface area contributed by atoms with Crippen molar-refractivity contribution in [1.82, 2.24) is 10.2 Å². The number of rotatable bonds is 6. The van der Waals surface area contributed by atoms with Crippen LogP contribution in [0.3, 0.4) is 0 Å². The minimum Gasteiger partial charge on any atom is -0.392 e. The zero-order chi connectivity index (χ0) is 15.3. The number of piperidine rings is 1. The summed E-state index contributed by atoms with van der Waals surface area (Å²) in [6.45, 7) is 7.87. The summed E-state index contributed by atoms with van der Waals surface area (Å²) in [6.07, 6.45) is 7.39. The summed E-state index contributed by atoms with van der Waals surface area (Å²) in [6, 6.07) is 0. The first-order valence-electron chi connectivity index (χ1n) is 8.72. The number of nitrogens with one attached hydrogen (secondary N) is 1. The SMILES string of the molecule is CCC(O)CN1CCC(CNC(=O)C2(C)CCCC2)CC1. The van der Waals surface area contributed by atoms with E-state index in [1.165, 1.54) is 12.8 Å². The molecule has 0 aromatic rings. The Kier molecular flexibility index (Phi) is 6.06. The van der Waals surface area contributed by atoms with Crippen LogP contribution < -0.4 is 5.32 Å². The van der Waals surface area contributed by atoms with Gasteiger partial charge in [0, 0.05) is 18.5 Å². The third-order valence-corrected chi connectivity index (χ3v) is 5.45. The van der Waals surface area contributed by atoms with Crippen LogP contribution in [0.1, 0.15) is 58.8 Å². The normalized spacial score (nSPS) is 24.9. The quantitative estimate of drug-likeness (QED) is 0.790.